The van der Waals surface area contributed by atoms with Crippen molar-refractivity contribution in [2.24, 2.45) is 5.41 Å². The Morgan fingerprint density at radius 1 is 1.40 bits per heavy atom. The number of amides is 1. The highest BCUT2D eigenvalue weighted by Gasteiger charge is 2.32. The first-order chi connectivity index (χ1) is 9.41. The molecule has 1 amide bonds. The monoisotopic (exact) mass is 296 g/mol. The van der Waals surface area contributed by atoms with Gasteiger partial charge in [-0.1, -0.05) is 18.5 Å². The van der Waals surface area contributed by atoms with Gasteiger partial charge in [0.1, 0.15) is 16.9 Å². The van der Waals surface area contributed by atoms with Crippen LogP contribution >= 0.6 is 11.6 Å². The topological polar surface area (TPSA) is 71.4 Å². The van der Waals surface area contributed by atoms with Crippen LogP contribution in [0.1, 0.15) is 20.3 Å². The van der Waals surface area contributed by atoms with Crippen LogP contribution in [-0.2, 0) is 4.79 Å². The molecule has 1 N–H and O–H groups in total. The number of nitriles is 1. The lowest BCUT2D eigenvalue weighted by molar-refractivity contribution is -0.122. The molecule has 0 saturated carbocycles. The average Bonchev–Trinajstić information content (AvgIpc) is 2.47. The van der Waals surface area contributed by atoms with Crippen molar-refractivity contribution in [3.8, 4) is 17.6 Å². The molecule has 0 heterocycles. The van der Waals surface area contributed by atoms with Gasteiger partial charge in [-0.25, -0.2) is 0 Å². The fourth-order valence-corrected chi connectivity index (χ4v) is 1.74. The predicted molar refractivity (Wildman–Crippen MR) is 77.2 cm³/mol. The molecule has 5 nitrogen and oxygen atoms in total. The second kappa shape index (κ2) is 6.49. The summed E-state index contributed by atoms with van der Waals surface area (Å²) < 4.78 is 10.3. The van der Waals surface area contributed by atoms with Gasteiger partial charge in [0.25, 0.3) is 0 Å². The fraction of sp³-hybridized carbons (Fsp3) is 0.429. The number of nitrogens with zero attached hydrogens (tertiary/aromatic N) is 1. The lowest BCUT2D eigenvalue weighted by atomic mass is 9.88. The minimum absolute atomic E-state index is 0.376. The number of ether oxygens (including phenoxy) is 2. The van der Waals surface area contributed by atoms with Gasteiger partial charge in [0.2, 0.25) is 5.91 Å². The highest BCUT2D eigenvalue weighted by atomic mass is 35.5. The van der Waals surface area contributed by atoms with E-state index in [2.05, 4.69) is 5.32 Å². The molecule has 0 aromatic heterocycles. The smallest absolute Gasteiger partial charge is 0.244 e. The van der Waals surface area contributed by atoms with Crippen LogP contribution in [0.4, 0.5) is 5.69 Å². The largest absolute Gasteiger partial charge is 0.495 e. The molecule has 0 aliphatic carbocycles. The van der Waals surface area contributed by atoms with Gasteiger partial charge in [0.05, 0.1) is 31.0 Å². The first-order valence-electron chi connectivity index (χ1n) is 6.06. The number of hydrogen-bond acceptors (Lipinski definition) is 4. The third kappa shape index (κ3) is 3.14. The fourth-order valence-electron chi connectivity index (χ4n) is 1.51. The number of methoxy groups -OCH3 is 2. The Hall–Kier alpha value is -1.93. The summed E-state index contributed by atoms with van der Waals surface area (Å²) in [6.45, 7) is 3.37. The van der Waals surface area contributed by atoms with Crippen LogP contribution in [0.3, 0.4) is 0 Å². The molecule has 1 aromatic rings. The normalized spacial score (nSPS) is 13.0. The molecular weight excluding hydrogens is 280 g/mol. The van der Waals surface area contributed by atoms with Crippen molar-refractivity contribution in [1.29, 1.82) is 5.26 Å². The Labute approximate surface area is 123 Å². The molecule has 0 radical (unpaired) electrons. The molecule has 1 aromatic carbocycles. The van der Waals surface area contributed by atoms with Crippen molar-refractivity contribution >= 4 is 23.2 Å². The highest BCUT2D eigenvalue weighted by molar-refractivity contribution is 6.32. The van der Waals surface area contributed by atoms with Crippen molar-refractivity contribution in [2.75, 3.05) is 19.5 Å². The number of hydrogen-bond donors (Lipinski definition) is 1. The Bertz CT molecular complexity index is 554. The number of benzene rings is 1. The molecule has 20 heavy (non-hydrogen) atoms. The van der Waals surface area contributed by atoms with E-state index < -0.39 is 11.3 Å². The Kier molecular flexibility index (Phi) is 5.23. The van der Waals surface area contributed by atoms with E-state index in [9.17, 15) is 4.79 Å². The zero-order valence-electron chi connectivity index (χ0n) is 11.9. The van der Waals surface area contributed by atoms with E-state index in [1.54, 1.807) is 26.0 Å². The number of anilines is 1. The van der Waals surface area contributed by atoms with Crippen LogP contribution in [0.25, 0.3) is 0 Å². The number of rotatable bonds is 5. The molecular formula is C14H17ClN2O3. The van der Waals surface area contributed by atoms with Gasteiger partial charge in [-0.2, -0.15) is 5.26 Å². The van der Waals surface area contributed by atoms with Crippen LogP contribution in [-0.4, -0.2) is 20.1 Å². The van der Waals surface area contributed by atoms with Gasteiger partial charge in [-0.15, -0.1) is 0 Å². The zero-order chi connectivity index (χ0) is 15.3. The Morgan fingerprint density at radius 3 is 2.45 bits per heavy atom. The number of carbonyl (C=O) groups is 1. The van der Waals surface area contributed by atoms with E-state index in [4.69, 9.17) is 26.3 Å². The number of halogens is 1. The lowest BCUT2D eigenvalue weighted by Gasteiger charge is -2.20. The first-order valence-corrected chi connectivity index (χ1v) is 6.43. The van der Waals surface area contributed by atoms with Crippen LogP contribution in [0.2, 0.25) is 5.02 Å². The van der Waals surface area contributed by atoms with Crippen LogP contribution in [0.15, 0.2) is 12.1 Å². The van der Waals surface area contributed by atoms with Crippen LogP contribution < -0.4 is 14.8 Å². The van der Waals surface area contributed by atoms with Crippen molar-refractivity contribution in [2.45, 2.75) is 20.3 Å². The summed E-state index contributed by atoms with van der Waals surface area (Å²) in [5.41, 5.74) is -0.689. The second-order valence-corrected chi connectivity index (χ2v) is 4.85. The number of carbonyl (C=O) groups excluding carboxylic acids is 1. The SMILES string of the molecule is CCC(C)(C#N)C(=O)Nc1cc(OC)c(Cl)cc1OC. The third-order valence-corrected chi connectivity index (χ3v) is 3.47. The quantitative estimate of drug-likeness (QED) is 0.905. The van der Waals surface area contributed by atoms with E-state index in [1.165, 1.54) is 14.2 Å². The molecule has 0 spiro atoms. The summed E-state index contributed by atoms with van der Waals surface area (Å²) in [5.74, 6) is 0.420. The van der Waals surface area contributed by atoms with E-state index in [1.807, 2.05) is 6.07 Å². The molecule has 0 aliphatic rings. The van der Waals surface area contributed by atoms with Gasteiger partial charge >= 0.3 is 0 Å². The van der Waals surface area contributed by atoms with Gasteiger partial charge in [0.15, 0.2) is 0 Å². The minimum Gasteiger partial charge on any atom is -0.495 e. The summed E-state index contributed by atoms with van der Waals surface area (Å²) in [4.78, 5) is 12.2. The third-order valence-electron chi connectivity index (χ3n) is 3.18. The molecule has 108 valence electrons. The summed E-state index contributed by atoms with van der Waals surface area (Å²) in [6.07, 6.45) is 0.405. The minimum atomic E-state index is -1.10. The molecule has 1 atom stereocenters. The first kappa shape index (κ1) is 16.1. The van der Waals surface area contributed by atoms with Crippen LogP contribution in [0, 0.1) is 16.7 Å². The molecule has 0 aliphatic heterocycles. The van der Waals surface area contributed by atoms with E-state index in [0.29, 0.717) is 28.6 Å². The standard InChI is InChI=1S/C14H17ClN2O3/c1-5-14(2,8-16)13(18)17-10-7-11(19-3)9(15)6-12(10)20-4/h6-7H,5H2,1-4H3,(H,17,18). The van der Waals surface area contributed by atoms with Gasteiger partial charge in [-0.05, 0) is 13.3 Å². The van der Waals surface area contributed by atoms with Gasteiger partial charge in [0, 0.05) is 12.1 Å². The maximum atomic E-state index is 12.2. The molecule has 1 rings (SSSR count). The van der Waals surface area contributed by atoms with Crippen LogP contribution in [0.5, 0.6) is 11.5 Å². The van der Waals surface area contributed by atoms with Gasteiger partial charge < -0.3 is 14.8 Å². The van der Waals surface area contributed by atoms with Gasteiger partial charge in [-0.3, -0.25) is 4.79 Å². The maximum Gasteiger partial charge on any atom is 0.244 e. The molecule has 0 bridgehead atoms. The molecule has 1 unspecified atom stereocenters. The summed E-state index contributed by atoms with van der Waals surface area (Å²) in [7, 11) is 2.95. The van der Waals surface area contributed by atoms with E-state index in [0.717, 1.165) is 0 Å². The molecule has 6 heteroatoms. The summed E-state index contributed by atoms with van der Waals surface area (Å²) in [6, 6.07) is 5.12. The van der Waals surface area contributed by atoms with E-state index >= 15 is 0 Å². The van der Waals surface area contributed by atoms with Crippen molar-refractivity contribution in [3.05, 3.63) is 17.2 Å². The van der Waals surface area contributed by atoms with Crippen molar-refractivity contribution in [1.82, 2.24) is 0 Å². The zero-order valence-corrected chi connectivity index (χ0v) is 12.7. The summed E-state index contributed by atoms with van der Waals surface area (Å²) >= 11 is 5.99. The summed E-state index contributed by atoms with van der Waals surface area (Å²) in [5, 5.41) is 12.2. The lowest BCUT2D eigenvalue weighted by Crippen LogP contribution is -2.31. The van der Waals surface area contributed by atoms with Crippen molar-refractivity contribution < 1.29 is 14.3 Å². The Morgan fingerprint density at radius 2 is 2.00 bits per heavy atom. The predicted octanol–water partition coefficient (Wildman–Crippen LogP) is 3.24. The van der Waals surface area contributed by atoms with Crippen molar-refractivity contribution in [3.63, 3.8) is 0 Å². The molecule has 0 fully saturated rings. The highest BCUT2D eigenvalue weighted by Crippen LogP contribution is 2.36. The second-order valence-electron chi connectivity index (χ2n) is 4.44. The number of nitrogens with one attached hydrogen (secondary N) is 1. The average molecular weight is 297 g/mol. The molecule has 0 saturated heterocycles. The Balaban J connectivity index is 3.15. The van der Waals surface area contributed by atoms with E-state index in [-0.39, 0.29) is 0 Å². The maximum absolute atomic E-state index is 12.2.